The molecule has 0 aliphatic carbocycles. The quantitative estimate of drug-likeness (QED) is 0.797. The Bertz CT molecular complexity index is 534. The van der Waals surface area contributed by atoms with E-state index in [1.165, 1.54) is 0 Å². The maximum absolute atomic E-state index is 8.89. The van der Waals surface area contributed by atoms with E-state index in [1.807, 2.05) is 13.0 Å². The monoisotopic (exact) mass is 232 g/mol. The minimum atomic E-state index is 0.423. The van der Waals surface area contributed by atoms with E-state index in [0.717, 1.165) is 11.3 Å². The molecule has 0 aliphatic heterocycles. The Labute approximate surface area is 98.1 Å². The van der Waals surface area contributed by atoms with Gasteiger partial charge in [0.1, 0.15) is 11.8 Å². The Morgan fingerprint density at radius 1 is 1.56 bits per heavy atom. The molecule has 0 spiro atoms. The fourth-order valence-corrected chi connectivity index (χ4v) is 1.57. The third kappa shape index (κ3) is 2.05. The average molecular weight is 233 g/mol. The van der Waals surface area contributed by atoms with Crippen LogP contribution in [0.2, 0.25) is 5.02 Å². The standard InChI is InChI=1S/C11H9ClN4/c1-8-10(12)7-16(15-8)6-9-3-2-4-14-11(9)5-13/h2-4,7H,6H2,1H3. The first-order valence-electron chi connectivity index (χ1n) is 4.74. The van der Waals surface area contributed by atoms with Crippen LogP contribution < -0.4 is 0 Å². The fraction of sp³-hybridized carbons (Fsp3) is 0.182. The van der Waals surface area contributed by atoms with Crippen LogP contribution in [0.3, 0.4) is 0 Å². The van der Waals surface area contributed by atoms with E-state index in [1.54, 1.807) is 23.1 Å². The molecule has 0 saturated carbocycles. The van der Waals surface area contributed by atoms with Crippen molar-refractivity contribution in [3.8, 4) is 6.07 Å². The molecule has 0 aromatic carbocycles. The van der Waals surface area contributed by atoms with Crippen LogP contribution in [-0.2, 0) is 6.54 Å². The molecule has 0 radical (unpaired) electrons. The van der Waals surface area contributed by atoms with Gasteiger partial charge in [-0.1, -0.05) is 17.7 Å². The molecule has 0 atom stereocenters. The second kappa shape index (κ2) is 4.33. The zero-order chi connectivity index (χ0) is 11.5. The van der Waals surface area contributed by atoms with Crippen molar-refractivity contribution in [1.82, 2.24) is 14.8 Å². The van der Waals surface area contributed by atoms with Crippen LogP contribution in [0.25, 0.3) is 0 Å². The Morgan fingerprint density at radius 3 is 3.00 bits per heavy atom. The summed E-state index contributed by atoms with van der Waals surface area (Å²) in [5.41, 5.74) is 2.04. The van der Waals surface area contributed by atoms with Gasteiger partial charge in [0.05, 0.1) is 17.3 Å². The van der Waals surface area contributed by atoms with E-state index >= 15 is 0 Å². The van der Waals surface area contributed by atoms with Gasteiger partial charge in [0.15, 0.2) is 0 Å². The molecule has 0 aliphatic rings. The van der Waals surface area contributed by atoms with E-state index in [9.17, 15) is 0 Å². The van der Waals surface area contributed by atoms with Gasteiger partial charge in [0.2, 0.25) is 0 Å². The summed E-state index contributed by atoms with van der Waals surface area (Å²) >= 11 is 5.91. The van der Waals surface area contributed by atoms with Crippen molar-refractivity contribution in [3.63, 3.8) is 0 Å². The number of pyridine rings is 1. The SMILES string of the molecule is Cc1nn(Cc2cccnc2C#N)cc1Cl. The Morgan fingerprint density at radius 2 is 2.38 bits per heavy atom. The first-order valence-corrected chi connectivity index (χ1v) is 5.12. The summed E-state index contributed by atoms with van der Waals surface area (Å²) in [5, 5.41) is 13.7. The number of aromatic nitrogens is 3. The summed E-state index contributed by atoms with van der Waals surface area (Å²) in [7, 11) is 0. The lowest BCUT2D eigenvalue weighted by molar-refractivity contribution is 0.676. The molecular weight excluding hydrogens is 224 g/mol. The highest BCUT2D eigenvalue weighted by molar-refractivity contribution is 6.31. The van der Waals surface area contributed by atoms with Crippen LogP contribution in [0, 0.1) is 18.3 Å². The summed E-state index contributed by atoms with van der Waals surface area (Å²) in [6.45, 7) is 2.34. The van der Waals surface area contributed by atoms with Gasteiger partial charge in [-0.2, -0.15) is 10.4 Å². The Hall–Kier alpha value is -1.86. The van der Waals surface area contributed by atoms with Gasteiger partial charge < -0.3 is 0 Å². The second-order valence-corrected chi connectivity index (χ2v) is 3.79. The molecule has 0 N–H and O–H groups in total. The van der Waals surface area contributed by atoms with Gasteiger partial charge in [-0.05, 0) is 13.0 Å². The number of aryl methyl sites for hydroxylation is 1. The van der Waals surface area contributed by atoms with E-state index in [0.29, 0.717) is 17.3 Å². The van der Waals surface area contributed by atoms with Crippen molar-refractivity contribution in [2.75, 3.05) is 0 Å². The fourth-order valence-electron chi connectivity index (χ4n) is 1.42. The van der Waals surface area contributed by atoms with Crippen LogP contribution in [-0.4, -0.2) is 14.8 Å². The molecule has 0 saturated heterocycles. The summed E-state index contributed by atoms with van der Waals surface area (Å²) in [5.74, 6) is 0. The summed E-state index contributed by atoms with van der Waals surface area (Å²) in [4.78, 5) is 3.99. The number of rotatable bonds is 2. The van der Waals surface area contributed by atoms with E-state index in [2.05, 4.69) is 16.2 Å². The predicted octanol–water partition coefficient (Wildman–Crippen LogP) is 2.16. The van der Waals surface area contributed by atoms with Gasteiger partial charge in [0.25, 0.3) is 0 Å². The zero-order valence-corrected chi connectivity index (χ0v) is 9.44. The lowest BCUT2D eigenvalue weighted by Crippen LogP contribution is -2.03. The smallest absolute Gasteiger partial charge is 0.145 e. The van der Waals surface area contributed by atoms with Crippen LogP contribution in [0.5, 0.6) is 0 Å². The van der Waals surface area contributed by atoms with Gasteiger partial charge in [-0.3, -0.25) is 4.68 Å². The Kier molecular flexibility index (Phi) is 2.88. The normalized spacial score (nSPS) is 10.1. The topological polar surface area (TPSA) is 54.5 Å². The number of nitrogens with zero attached hydrogens (tertiary/aromatic N) is 4. The van der Waals surface area contributed by atoms with Gasteiger partial charge in [0, 0.05) is 18.0 Å². The summed E-state index contributed by atoms with van der Waals surface area (Å²) in [6, 6.07) is 5.71. The number of halogens is 1. The van der Waals surface area contributed by atoms with E-state index in [4.69, 9.17) is 16.9 Å². The highest BCUT2D eigenvalue weighted by Gasteiger charge is 2.06. The average Bonchev–Trinajstić information content (AvgIpc) is 2.59. The molecule has 2 heterocycles. The maximum atomic E-state index is 8.89. The third-order valence-corrected chi connectivity index (χ3v) is 2.59. The lowest BCUT2D eigenvalue weighted by Gasteiger charge is -2.02. The number of nitriles is 1. The molecule has 5 heteroatoms. The number of hydrogen-bond acceptors (Lipinski definition) is 3. The summed E-state index contributed by atoms with van der Waals surface area (Å²) in [6.07, 6.45) is 3.34. The largest absolute Gasteiger partial charge is 0.266 e. The van der Waals surface area contributed by atoms with Crippen molar-refractivity contribution in [2.24, 2.45) is 0 Å². The zero-order valence-electron chi connectivity index (χ0n) is 8.68. The molecule has 0 fully saturated rings. The molecule has 80 valence electrons. The van der Waals surface area contributed by atoms with Gasteiger partial charge in [-0.15, -0.1) is 0 Å². The van der Waals surface area contributed by atoms with E-state index < -0.39 is 0 Å². The van der Waals surface area contributed by atoms with Crippen LogP contribution in [0.15, 0.2) is 24.5 Å². The molecule has 2 rings (SSSR count). The van der Waals surface area contributed by atoms with Crippen molar-refractivity contribution >= 4 is 11.6 Å². The van der Waals surface area contributed by atoms with Crippen molar-refractivity contribution < 1.29 is 0 Å². The molecule has 0 unspecified atom stereocenters. The molecule has 4 nitrogen and oxygen atoms in total. The minimum Gasteiger partial charge on any atom is -0.266 e. The second-order valence-electron chi connectivity index (χ2n) is 3.38. The number of hydrogen-bond donors (Lipinski definition) is 0. The molecule has 16 heavy (non-hydrogen) atoms. The molecule has 2 aromatic heterocycles. The third-order valence-electron chi connectivity index (χ3n) is 2.22. The van der Waals surface area contributed by atoms with Crippen molar-refractivity contribution in [1.29, 1.82) is 5.26 Å². The maximum Gasteiger partial charge on any atom is 0.145 e. The van der Waals surface area contributed by atoms with Gasteiger partial charge >= 0.3 is 0 Å². The Balaban J connectivity index is 2.31. The van der Waals surface area contributed by atoms with Crippen LogP contribution in [0.1, 0.15) is 17.0 Å². The first kappa shape index (κ1) is 10.7. The highest BCUT2D eigenvalue weighted by atomic mass is 35.5. The molecular formula is C11H9ClN4. The first-order chi connectivity index (χ1) is 7.70. The highest BCUT2D eigenvalue weighted by Crippen LogP contribution is 2.14. The molecule has 2 aromatic rings. The minimum absolute atomic E-state index is 0.423. The van der Waals surface area contributed by atoms with Crippen LogP contribution >= 0.6 is 11.6 Å². The summed E-state index contributed by atoms with van der Waals surface area (Å²) < 4.78 is 1.70. The molecule has 0 bridgehead atoms. The van der Waals surface area contributed by atoms with Crippen LogP contribution in [0.4, 0.5) is 0 Å². The predicted molar refractivity (Wildman–Crippen MR) is 60.0 cm³/mol. The van der Waals surface area contributed by atoms with Gasteiger partial charge in [-0.25, -0.2) is 4.98 Å². The van der Waals surface area contributed by atoms with Crippen molar-refractivity contribution in [2.45, 2.75) is 13.5 Å². The molecule has 0 amide bonds. The van der Waals surface area contributed by atoms with E-state index in [-0.39, 0.29) is 0 Å². The lowest BCUT2D eigenvalue weighted by atomic mass is 10.2. The van der Waals surface area contributed by atoms with Crippen molar-refractivity contribution in [3.05, 3.63) is 46.5 Å².